The van der Waals surface area contributed by atoms with E-state index in [1.807, 2.05) is 0 Å². The number of rotatable bonds is 2. The molecule has 2 aliphatic rings. The lowest BCUT2D eigenvalue weighted by Gasteiger charge is -2.21. The Morgan fingerprint density at radius 3 is 2.79 bits per heavy atom. The molecule has 4 atom stereocenters. The van der Waals surface area contributed by atoms with Gasteiger partial charge in [-0.15, -0.1) is 0 Å². The van der Waals surface area contributed by atoms with E-state index in [4.69, 9.17) is 5.26 Å². The van der Waals surface area contributed by atoms with Gasteiger partial charge in [-0.3, -0.25) is 0 Å². The van der Waals surface area contributed by atoms with Gasteiger partial charge in [-0.25, -0.2) is 0 Å². The summed E-state index contributed by atoms with van der Waals surface area (Å²) >= 11 is 2.07. The Labute approximate surface area is 90.4 Å². The van der Waals surface area contributed by atoms with E-state index in [9.17, 15) is 0 Å². The number of nitrogens with one attached hydrogen (secondary N) is 1. The number of hydrogen-bond acceptors (Lipinski definition) is 3. The summed E-state index contributed by atoms with van der Waals surface area (Å²) in [6, 6.07) is 3.70. The summed E-state index contributed by atoms with van der Waals surface area (Å²) in [5.74, 6) is 1.62. The average molecular weight is 210 g/mol. The van der Waals surface area contributed by atoms with Crippen LogP contribution in [0.4, 0.5) is 0 Å². The molecule has 1 saturated carbocycles. The van der Waals surface area contributed by atoms with Crippen LogP contribution in [-0.2, 0) is 0 Å². The van der Waals surface area contributed by atoms with Crippen molar-refractivity contribution in [1.29, 1.82) is 5.26 Å². The van der Waals surface area contributed by atoms with E-state index in [0.717, 1.165) is 18.1 Å². The Balaban J connectivity index is 1.79. The Hall–Kier alpha value is -0.200. The predicted octanol–water partition coefficient (Wildman–Crippen LogP) is 2.16. The minimum atomic E-state index is 0.317. The van der Waals surface area contributed by atoms with E-state index in [0.29, 0.717) is 18.0 Å². The number of hydrogen-bond donors (Lipinski definition) is 1. The molecule has 14 heavy (non-hydrogen) atoms. The van der Waals surface area contributed by atoms with Crippen molar-refractivity contribution in [1.82, 2.24) is 5.32 Å². The van der Waals surface area contributed by atoms with Gasteiger partial charge in [0.2, 0.25) is 0 Å². The maximum absolute atomic E-state index is 8.81. The maximum atomic E-state index is 8.81. The summed E-state index contributed by atoms with van der Waals surface area (Å²) in [5.41, 5.74) is 0. The third-order valence-electron chi connectivity index (χ3n) is 3.44. The first-order valence-corrected chi connectivity index (χ1v) is 6.61. The van der Waals surface area contributed by atoms with Crippen molar-refractivity contribution < 1.29 is 0 Å². The van der Waals surface area contributed by atoms with Crippen molar-refractivity contribution in [2.24, 2.45) is 5.92 Å². The van der Waals surface area contributed by atoms with Crippen molar-refractivity contribution in [3.05, 3.63) is 0 Å². The van der Waals surface area contributed by atoms with E-state index in [-0.39, 0.29) is 0 Å². The smallest absolute Gasteiger partial charge is 0.0656 e. The van der Waals surface area contributed by atoms with Gasteiger partial charge in [0.1, 0.15) is 0 Å². The lowest BCUT2D eigenvalue weighted by molar-refractivity contribution is 0.425. The van der Waals surface area contributed by atoms with Crippen LogP contribution >= 0.6 is 11.8 Å². The van der Waals surface area contributed by atoms with Gasteiger partial charge in [-0.2, -0.15) is 17.0 Å². The van der Waals surface area contributed by atoms with Gasteiger partial charge in [0.05, 0.1) is 6.07 Å². The normalized spacial score (nSPS) is 42.6. The summed E-state index contributed by atoms with van der Waals surface area (Å²) in [5, 5.41) is 13.3. The van der Waals surface area contributed by atoms with E-state index in [1.54, 1.807) is 0 Å². The van der Waals surface area contributed by atoms with E-state index < -0.39 is 0 Å². The molecule has 0 aromatic heterocycles. The van der Waals surface area contributed by atoms with Crippen molar-refractivity contribution in [3.63, 3.8) is 0 Å². The largest absolute Gasteiger partial charge is 0.310 e. The first-order chi connectivity index (χ1) is 6.79. The fourth-order valence-corrected chi connectivity index (χ4v) is 3.71. The van der Waals surface area contributed by atoms with Crippen LogP contribution in [0.5, 0.6) is 0 Å². The van der Waals surface area contributed by atoms with E-state index >= 15 is 0 Å². The number of nitrogens with zero attached hydrogens (tertiary/aromatic N) is 1. The molecule has 1 aliphatic carbocycles. The second-order valence-electron chi connectivity index (χ2n) is 4.47. The first-order valence-electron chi connectivity index (χ1n) is 5.57. The Bertz CT molecular complexity index is 236. The predicted molar refractivity (Wildman–Crippen MR) is 60.2 cm³/mol. The monoisotopic (exact) mass is 210 g/mol. The van der Waals surface area contributed by atoms with Crippen molar-refractivity contribution >= 4 is 11.8 Å². The molecule has 0 amide bonds. The zero-order chi connectivity index (χ0) is 9.97. The quantitative estimate of drug-likeness (QED) is 0.758. The van der Waals surface area contributed by atoms with E-state index in [1.165, 1.54) is 18.6 Å². The molecule has 78 valence electrons. The Morgan fingerprint density at radius 2 is 2.21 bits per heavy atom. The topological polar surface area (TPSA) is 35.8 Å². The molecule has 0 aromatic rings. The molecule has 3 heteroatoms. The van der Waals surface area contributed by atoms with Crippen LogP contribution < -0.4 is 5.32 Å². The van der Waals surface area contributed by atoms with Crippen molar-refractivity contribution in [2.45, 2.75) is 49.9 Å². The highest BCUT2D eigenvalue weighted by Crippen LogP contribution is 2.30. The first kappa shape index (κ1) is 10.3. The molecule has 4 unspecified atom stereocenters. The zero-order valence-electron chi connectivity index (χ0n) is 8.70. The molecule has 0 spiro atoms. The van der Waals surface area contributed by atoms with Gasteiger partial charge in [0.25, 0.3) is 0 Å². The van der Waals surface area contributed by atoms with Crippen LogP contribution in [0, 0.1) is 17.2 Å². The zero-order valence-corrected chi connectivity index (χ0v) is 9.52. The lowest BCUT2D eigenvalue weighted by atomic mass is 10.1. The average Bonchev–Trinajstić information content (AvgIpc) is 2.77. The summed E-state index contributed by atoms with van der Waals surface area (Å²) in [6.07, 6.45) is 4.68. The lowest BCUT2D eigenvalue weighted by Crippen LogP contribution is -2.40. The summed E-state index contributed by atoms with van der Waals surface area (Å²) in [6.45, 7) is 2.31. The minimum absolute atomic E-state index is 0.317. The highest BCUT2D eigenvalue weighted by atomic mass is 32.2. The molecule has 2 fully saturated rings. The summed E-state index contributed by atoms with van der Waals surface area (Å²) in [4.78, 5) is 0. The van der Waals surface area contributed by atoms with Gasteiger partial charge < -0.3 is 5.32 Å². The standard InChI is InChI=1S/C11H18N2S/c1-8-11(4-5-14-8)13-10-3-2-9(6-10)7-12/h8-11,13H,2-6H2,1H3. The molecule has 1 N–H and O–H groups in total. The van der Waals surface area contributed by atoms with Gasteiger partial charge in [0, 0.05) is 23.3 Å². The van der Waals surface area contributed by atoms with Crippen LogP contribution in [0.15, 0.2) is 0 Å². The fraction of sp³-hybridized carbons (Fsp3) is 0.909. The van der Waals surface area contributed by atoms with Gasteiger partial charge in [0.15, 0.2) is 0 Å². The van der Waals surface area contributed by atoms with Crippen molar-refractivity contribution in [2.75, 3.05) is 5.75 Å². The second-order valence-corrected chi connectivity index (χ2v) is 5.96. The van der Waals surface area contributed by atoms with Crippen LogP contribution in [-0.4, -0.2) is 23.1 Å². The number of thioether (sulfide) groups is 1. The molecule has 0 radical (unpaired) electrons. The molecule has 0 aromatic carbocycles. The Morgan fingerprint density at radius 1 is 1.36 bits per heavy atom. The van der Waals surface area contributed by atoms with Crippen LogP contribution in [0.25, 0.3) is 0 Å². The van der Waals surface area contributed by atoms with E-state index in [2.05, 4.69) is 30.1 Å². The maximum Gasteiger partial charge on any atom is 0.0656 e. The minimum Gasteiger partial charge on any atom is -0.310 e. The molecular formula is C11H18N2S. The molecule has 2 rings (SSSR count). The Kier molecular flexibility index (Phi) is 3.35. The highest BCUT2D eigenvalue weighted by Gasteiger charge is 2.30. The van der Waals surface area contributed by atoms with Crippen LogP contribution in [0.3, 0.4) is 0 Å². The van der Waals surface area contributed by atoms with Crippen molar-refractivity contribution in [3.8, 4) is 6.07 Å². The molecule has 1 heterocycles. The third-order valence-corrected chi connectivity index (χ3v) is 4.77. The third kappa shape index (κ3) is 2.24. The summed E-state index contributed by atoms with van der Waals surface area (Å²) < 4.78 is 0. The van der Waals surface area contributed by atoms with Crippen LogP contribution in [0.2, 0.25) is 0 Å². The molecular weight excluding hydrogens is 192 g/mol. The molecule has 1 saturated heterocycles. The number of nitriles is 1. The molecule has 2 nitrogen and oxygen atoms in total. The fourth-order valence-electron chi connectivity index (χ4n) is 2.50. The second kappa shape index (κ2) is 4.55. The molecule has 1 aliphatic heterocycles. The van der Waals surface area contributed by atoms with Crippen LogP contribution in [0.1, 0.15) is 32.6 Å². The summed E-state index contributed by atoms with van der Waals surface area (Å²) in [7, 11) is 0. The van der Waals surface area contributed by atoms with Gasteiger partial charge >= 0.3 is 0 Å². The van der Waals surface area contributed by atoms with Gasteiger partial charge in [-0.1, -0.05) is 6.92 Å². The molecule has 0 bridgehead atoms. The highest BCUT2D eigenvalue weighted by molar-refractivity contribution is 8.00. The van der Waals surface area contributed by atoms with Gasteiger partial charge in [-0.05, 0) is 31.4 Å². The SMILES string of the molecule is CC1SCCC1NC1CCC(C#N)C1.